The Bertz CT molecular complexity index is 994. The number of halogens is 4. The first-order chi connectivity index (χ1) is 11.0. The molecule has 0 spiro atoms. The molecule has 0 saturated carbocycles. The van der Waals surface area contributed by atoms with Gasteiger partial charge in [-0.1, -0.05) is 31.9 Å². The quantitative estimate of drug-likeness (QED) is 0.418. The second-order valence-corrected chi connectivity index (χ2v) is 6.65. The third-order valence-corrected chi connectivity index (χ3v) is 4.13. The summed E-state index contributed by atoms with van der Waals surface area (Å²) in [7, 11) is 1.72. The van der Waals surface area contributed by atoms with Crippen molar-refractivity contribution in [1.29, 1.82) is 0 Å². The fourth-order valence-electron chi connectivity index (χ4n) is 2.21. The van der Waals surface area contributed by atoms with Crippen LogP contribution in [0.5, 0.6) is 0 Å². The number of aromatic amines is 1. The summed E-state index contributed by atoms with van der Waals surface area (Å²) in [5.74, 6) is -0.536. The molecule has 2 aromatic carbocycles. The Hall–Kier alpha value is -1.80. The molecule has 0 atom stereocenters. The lowest BCUT2D eigenvalue weighted by Gasteiger charge is -1.96. The van der Waals surface area contributed by atoms with Crippen LogP contribution in [0, 0.1) is 11.6 Å². The average Bonchev–Trinajstić information content (AvgIpc) is 3.06. The first-order valence-corrected chi connectivity index (χ1v) is 8.09. The van der Waals surface area contributed by atoms with Crippen LogP contribution in [0.25, 0.3) is 21.8 Å². The molecule has 118 valence electrons. The predicted octanol–water partition coefficient (Wildman–Crippen LogP) is 4.94. The molecule has 4 aromatic rings. The largest absolute Gasteiger partial charge is 0.275 e. The molecule has 0 saturated heterocycles. The van der Waals surface area contributed by atoms with Crippen molar-refractivity contribution in [3.63, 3.8) is 0 Å². The zero-order valence-corrected chi connectivity index (χ0v) is 15.0. The number of H-pyrrole nitrogens is 1. The molecule has 4 rings (SSSR count). The molecule has 2 aromatic heterocycles. The highest BCUT2D eigenvalue weighted by Gasteiger charge is 2.06. The number of nitrogens with one attached hydrogen (secondary N) is 1. The van der Waals surface area contributed by atoms with E-state index in [0.717, 1.165) is 19.7 Å². The highest BCUT2D eigenvalue weighted by atomic mass is 79.9. The van der Waals surface area contributed by atoms with E-state index < -0.39 is 0 Å². The highest BCUT2D eigenvalue weighted by molar-refractivity contribution is 9.10. The molecule has 0 aliphatic rings. The Morgan fingerprint density at radius 1 is 0.957 bits per heavy atom. The Kier molecular flexibility index (Phi) is 4.45. The number of hydrogen-bond acceptors (Lipinski definition) is 2. The van der Waals surface area contributed by atoms with Gasteiger partial charge in [0.1, 0.15) is 22.7 Å². The summed E-state index contributed by atoms with van der Waals surface area (Å²) in [6.45, 7) is 0. The maximum atomic E-state index is 13.3. The lowest BCUT2D eigenvalue weighted by atomic mass is 10.2. The minimum Gasteiger partial charge on any atom is -0.275 e. The van der Waals surface area contributed by atoms with Gasteiger partial charge in [-0.05, 0) is 24.3 Å². The molecule has 0 bridgehead atoms. The van der Waals surface area contributed by atoms with Gasteiger partial charge in [-0.15, -0.1) is 0 Å². The Labute approximate surface area is 146 Å². The van der Waals surface area contributed by atoms with Crippen LogP contribution in [-0.4, -0.2) is 20.0 Å². The van der Waals surface area contributed by atoms with Gasteiger partial charge in [0.25, 0.3) is 0 Å². The van der Waals surface area contributed by atoms with E-state index in [1.54, 1.807) is 19.4 Å². The van der Waals surface area contributed by atoms with Crippen molar-refractivity contribution in [2.75, 3.05) is 0 Å². The number of benzene rings is 2. The van der Waals surface area contributed by atoms with Crippen LogP contribution in [0.15, 0.2) is 45.6 Å². The van der Waals surface area contributed by atoms with Crippen LogP contribution in [0.4, 0.5) is 8.78 Å². The molecule has 0 unspecified atom stereocenters. The summed E-state index contributed by atoms with van der Waals surface area (Å²) >= 11 is 6.40. The van der Waals surface area contributed by atoms with Crippen molar-refractivity contribution in [1.82, 2.24) is 20.0 Å². The van der Waals surface area contributed by atoms with Crippen molar-refractivity contribution in [3.05, 3.63) is 57.2 Å². The predicted molar refractivity (Wildman–Crippen MR) is 92.1 cm³/mol. The van der Waals surface area contributed by atoms with E-state index in [9.17, 15) is 8.78 Å². The SMILES string of the molecule is Cn1ncc2cc(Br)cc(F)c21.Fc1cc(Br)cc2cn[nH]c12. The summed E-state index contributed by atoms with van der Waals surface area (Å²) in [4.78, 5) is 0. The third-order valence-electron chi connectivity index (χ3n) is 3.22. The summed E-state index contributed by atoms with van der Waals surface area (Å²) < 4.78 is 29.2. The molecule has 0 aliphatic heterocycles. The van der Waals surface area contributed by atoms with Crippen molar-refractivity contribution in [2.45, 2.75) is 0 Å². The molecule has 0 radical (unpaired) electrons. The van der Waals surface area contributed by atoms with Gasteiger partial charge in [0.05, 0.1) is 12.4 Å². The smallest absolute Gasteiger partial charge is 0.150 e. The van der Waals surface area contributed by atoms with Gasteiger partial charge in [-0.2, -0.15) is 10.2 Å². The van der Waals surface area contributed by atoms with Gasteiger partial charge < -0.3 is 0 Å². The zero-order valence-electron chi connectivity index (χ0n) is 11.8. The molecule has 0 fully saturated rings. The van der Waals surface area contributed by atoms with E-state index >= 15 is 0 Å². The molecule has 2 heterocycles. The van der Waals surface area contributed by atoms with Gasteiger partial charge >= 0.3 is 0 Å². The lowest BCUT2D eigenvalue weighted by Crippen LogP contribution is -1.91. The molecule has 0 amide bonds. The maximum absolute atomic E-state index is 13.3. The normalized spacial score (nSPS) is 10.8. The highest BCUT2D eigenvalue weighted by Crippen LogP contribution is 2.22. The summed E-state index contributed by atoms with van der Waals surface area (Å²) in [5.41, 5.74) is 0.992. The fraction of sp³-hybridized carbons (Fsp3) is 0.0667. The van der Waals surface area contributed by atoms with Crippen LogP contribution < -0.4 is 0 Å². The van der Waals surface area contributed by atoms with Crippen LogP contribution in [0.3, 0.4) is 0 Å². The zero-order chi connectivity index (χ0) is 16.6. The van der Waals surface area contributed by atoms with Crippen LogP contribution in [0.1, 0.15) is 0 Å². The summed E-state index contributed by atoms with van der Waals surface area (Å²) in [5, 5.41) is 11.8. The molecule has 23 heavy (non-hydrogen) atoms. The fourth-order valence-corrected chi connectivity index (χ4v) is 3.11. The first-order valence-electron chi connectivity index (χ1n) is 6.50. The van der Waals surface area contributed by atoms with E-state index in [0.29, 0.717) is 11.0 Å². The van der Waals surface area contributed by atoms with Crippen LogP contribution in [0.2, 0.25) is 0 Å². The molecular formula is C15H10Br2F2N4. The number of nitrogens with zero attached hydrogens (tertiary/aromatic N) is 3. The van der Waals surface area contributed by atoms with Crippen molar-refractivity contribution < 1.29 is 8.78 Å². The van der Waals surface area contributed by atoms with Crippen molar-refractivity contribution in [2.24, 2.45) is 7.05 Å². The van der Waals surface area contributed by atoms with Gasteiger partial charge in [-0.25, -0.2) is 8.78 Å². The number of hydrogen-bond donors (Lipinski definition) is 1. The van der Waals surface area contributed by atoms with E-state index in [1.165, 1.54) is 16.8 Å². The second kappa shape index (κ2) is 6.37. The monoisotopic (exact) mass is 442 g/mol. The summed E-state index contributed by atoms with van der Waals surface area (Å²) in [6, 6.07) is 6.48. The van der Waals surface area contributed by atoms with E-state index in [1.807, 2.05) is 12.1 Å². The molecule has 1 N–H and O–H groups in total. The van der Waals surface area contributed by atoms with Gasteiger partial charge in [0.15, 0.2) is 0 Å². The van der Waals surface area contributed by atoms with E-state index in [4.69, 9.17) is 0 Å². The summed E-state index contributed by atoms with van der Waals surface area (Å²) in [6.07, 6.45) is 3.23. The second-order valence-electron chi connectivity index (χ2n) is 4.82. The van der Waals surface area contributed by atoms with E-state index in [-0.39, 0.29) is 11.6 Å². The van der Waals surface area contributed by atoms with Gasteiger partial charge in [0, 0.05) is 26.8 Å². The maximum Gasteiger partial charge on any atom is 0.150 e. The molecule has 0 aliphatic carbocycles. The van der Waals surface area contributed by atoms with Crippen molar-refractivity contribution >= 4 is 53.7 Å². The Morgan fingerprint density at radius 2 is 1.61 bits per heavy atom. The Balaban J connectivity index is 0.000000136. The molecular weight excluding hydrogens is 434 g/mol. The van der Waals surface area contributed by atoms with E-state index in [2.05, 4.69) is 47.2 Å². The van der Waals surface area contributed by atoms with Crippen LogP contribution >= 0.6 is 31.9 Å². The Morgan fingerprint density at radius 3 is 2.35 bits per heavy atom. The minimum atomic E-state index is -0.285. The molecule has 8 heteroatoms. The van der Waals surface area contributed by atoms with Crippen LogP contribution in [-0.2, 0) is 7.05 Å². The number of rotatable bonds is 0. The average molecular weight is 444 g/mol. The standard InChI is InChI=1S/C8H6BrFN2.C7H4BrFN2/c1-12-8-5(4-11-12)2-6(9)3-7(8)10;8-5-1-4-3-10-11-7(4)6(9)2-5/h2-4H,1H3;1-3H,(H,10,11). The molecule has 4 nitrogen and oxygen atoms in total. The first kappa shape index (κ1) is 16.1. The van der Waals surface area contributed by atoms with Gasteiger partial charge in [-0.3, -0.25) is 9.78 Å². The van der Waals surface area contributed by atoms with Crippen molar-refractivity contribution in [3.8, 4) is 0 Å². The topological polar surface area (TPSA) is 46.5 Å². The number of aryl methyl sites for hydroxylation is 1. The number of fused-ring (bicyclic) bond motifs is 2. The van der Waals surface area contributed by atoms with Gasteiger partial charge in [0.2, 0.25) is 0 Å². The minimum absolute atomic E-state index is 0.251. The number of aromatic nitrogens is 4. The lowest BCUT2D eigenvalue weighted by molar-refractivity contribution is 0.625. The third kappa shape index (κ3) is 3.28.